The summed E-state index contributed by atoms with van der Waals surface area (Å²) in [5.74, 6) is -0.148. The minimum atomic E-state index is -0.148. The van der Waals surface area contributed by atoms with Crippen LogP contribution in [0.25, 0.3) is 6.08 Å². The summed E-state index contributed by atoms with van der Waals surface area (Å²) in [7, 11) is 0. The second-order valence-electron chi connectivity index (χ2n) is 5.65. The molecule has 2 aromatic rings. The van der Waals surface area contributed by atoms with Crippen molar-refractivity contribution in [2.24, 2.45) is 4.99 Å². The van der Waals surface area contributed by atoms with E-state index in [0.717, 1.165) is 17.8 Å². The Labute approximate surface area is 160 Å². The summed E-state index contributed by atoms with van der Waals surface area (Å²) in [6, 6.07) is 7.19. The topological polar surface area (TPSA) is 46.4 Å². The zero-order chi connectivity index (χ0) is 18.1. The molecule has 0 bridgehead atoms. The molecule has 1 amide bonds. The first-order chi connectivity index (χ1) is 11.9. The first kappa shape index (κ1) is 18.1. The van der Waals surface area contributed by atoms with Crippen molar-refractivity contribution in [1.82, 2.24) is 9.88 Å². The maximum atomic E-state index is 12.2. The number of thioether (sulfide) groups is 1. The highest BCUT2D eigenvalue weighted by molar-refractivity contribution is 8.18. The van der Waals surface area contributed by atoms with Crippen LogP contribution in [-0.2, 0) is 11.3 Å². The Morgan fingerprint density at radius 1 is 1.24 bits per heavy atom. The molecule has 1 saturated heterocycles. The number of aromatic nitrogens is 1. The van der Waals surface area contributed by atoms with E-state index >= 15 is 0 Å². The van der Waals surface area contributed by atoms with Gasteiger partial charge in [0.1, 0.15) is 0 Å². The van der Waals surface area contributed by atoms with Crippen LogP contribution in [0.3, 0.4) is 0 Å². The number of rotatable bonds is 3. The molecule has 1 N–H and O–H groups in total. The maximum absolute atomic E-state index is 12.2. The number of amidine groups is 1. The molecule has 1 aliphatic heterocycles. The van der Waals surface area contributed by atoms with Crippen LogP contribution in [0, 0.1) is 13.8 Å². The van der Waals surface area contributed by atoms with Gasteiger partial charge in [-0.2, -0.15) is 0 Å². The number of amides is 1. The van der Waals surface area contributed by atoms with E-state index in [1.165, 1.54) is 17.5 Å². The minimum Gasteiger partial charge on any atom is -0.349 e. The Hall–Kier alpha value is -1.69. The number of carbonyl (C=O) groups is 1. The van der Waals surface area contributed by atoms with Crippen LogP contribution >= 0.6 is 35.0 Å². The largest absolute Gasteiger partial charge is 0.349 e. The second kappa shape index (κ2) is 7.28. The van der Waals surface area contributed by atoms with E-state index in [-0.39, 0.29) is 5.91 Å². The first-order valence-electron chi connectivity index (χ1n) is 7.80. The molecule has 0 saturated carbocycles. The van der Waals surface area contributed by atoms with Crippen LogP contribution in [-0.4, -0.2) is 15.6 Å². The van der Waals surface area contributed by atoms with Gasteiger partial charge in [0.2, 0.25) is 0 Å². The smallest absolute Gasteiger partial charge is 0.264 e. The zero-order valence-electron chi connectivity index (χ0n) is 14.1. The van der Waals surface area contributed by atoms with E-state index in [2.05, 4.69) is 41.7 Å². The Bertz CT molecular complexity index is 915. The second-order valence-corrected chi connectivity index (χ2v) is 7.50. The molecule has 4 nitrogen and oxygen atoms in total. The van der Waals surface area contributed by atoms with Crippen molar-refractivity contribution in [3.8, 4) is 0 Å². The third-order valence-electron chi connectivity index (χ3n) is 4.00. The van der Waals surface area contributed by atoms with Gasteiger partial charge in [-0.15, -0.1) is 0 Å². The van der Waals surface area contributed by atoms with Crippen molar-refractivity contribution in [3.05, 3.63) is 56.2 Å². The van der Waals surface area contributed by atoms with E-state index in [1.54, 1.807) is 18.2 Å². The summed E-state index contributed by atoms with van der Waals surface area (Å²) in [6.45, 7) is 7.14. The fraction of sp³-hybridized carbons (Fsp3) is 0.222. The average Bonchev–Trinajstić information content (AvgIpc) is 3.03. The fourth-order valence-corrected chi connectivity index (χ4v) is 3.88. The molecular weight excluding hydrogens is 377 g/mol. The van der Waals surface area contributed by atoms with E-state index < -0.39 is 0 Å². The van der Waals surface area contributed by atoms with Gasteiger partial charge >= 0.3 is 0 Å². The molecule has 3 rings (SSSR count). The lowest BCUT2D eigenvalue weighted by atomic mass is 10.2. The van der Waals surface area contributed by atoms with Gasteiger partial charge in [0.05, 0.1) is 20.6 Å². The monoisotopic (exact) mass is 393 g/mol. The van der Waals surface area contributed by atoms with Crippen molar-refractivity contribution in [1.29, 1.82) is 0 Å². The highest BCUT2D eigenvalue weighted by Gasteiger charge is 2.24. The van der Waals surface area contributed by atoms with Crippen molar-refractivity contribution in [3.63, 3.8) is 0 Å². The van der Waals surface area contributed by atoms with Crippen LogP contribution in [0.15, 0.2) is 34.2 Å². The van der Waals surface area contributed by atoms with Crippen molar-refractivity contribution in [2.75, 3.05) is 0 Å². The van der Waals surface area contributed by atoms with Crippen LogP contribution < -0.4 is 5.32 Å². The number of nitrogens with zero attached hydrogens (tertiary/aromatic N) is 2. The summed E-state index contributed by atoms with van der Waals surface area (Å²) in [5.41, 5.74) is 4.02. The van der Waals surface area contributed by atoms with E-state index in [0.29, 0.717) is 25.8 Å². The number of aliphatic imine (C=N–C) groups is 1. The SMILES string of the molecule is CCn1c(C)cc(/C=C2\SC(=Nc3ccc(Cl)c(Cl)c3)NC2=O)c1C. The van der Waals surface area contributed by atoms with Crippen LogP contribution in [0.5, 0.6) is 0 Å². The Morgan fingerprint density at radius 3 is 2.64 bits per heavy atom. The molecule has 130 valence electrons. The molecule has 1 fully saturated rings. The molecular formula is C18H17Cl2N3OS. The molecule has 2 heterocycles. The number of halogens is 2. The van der Waals surface area contributed by atoms with Crippen LogP contribution in [0.4, 0.5) is 5.69 Å². The molecule has 25 heavy (non-hydrogen) atoms. The van der Waals surface area contributed by atoms with E-state index in [9.17, 15) is 4.79 Å². The van der Waals surface area contributed by atoms with Gasteiger partial charge in [0.15, 0.2) is 5.17 Å². The van der Waals surface area contributed by atoms with E-state index in [4.69, 9.17) is 23.2 Å². The Balaban J connectivity index is 1.87. The molecule has 0 atom stereocenters. The number of hydrogen-bond acceptors (Lipinski definition) is 3. The number of benzene rings is 1. The number of carbonyl (C=O) groups excluding carboxylic acids is 1. The minimum absolute atomic E-state index is 0.148. The quantitative estimate of drug-likeness (QED) is 0.716. The first-order valence-corrected chi connectivity index (χ1v) is 9.37. The molecule has 0 spiro atoms. The van der Waals surface area contributed by atoms with Gasteiger partial charge in [-0.1, -0.05) is 23.2 Å². The molecule has 0 unspecified atom stereocenters. The average molecular weight is 394 g/mol. The summed E-state index contributed by atoms with van der Waals surface area (Å²) in [5, 5.41) is 4.22. The normalized spacial score (nSPS) is 17.6. The summed E-state index contributed by atoms with van der Waals surface area (Å²) in [4.78, 5) is 17.3. The lowest BCUT2D eigenvalue weighted by molar-refractivity contribution is -0.115. The summed E-state index contributed by atoms with van der Waals surface area (Å²) in [6.07, 6.45) is 1.91. The van der Waals surface area contributed by atoms with Crippen molar-refractivity contribution >= 4 is 57.8 Å². The van der Waals surface area contributed by atoms with Crippen LogP contribution in [0.1, 0.15) is 23.9 Å². The third kappa shape index (κ3) is 3.78. The standard InChI is InChI=1S/C18H17Cl2N3OS/c1-4-23-10(2)7-12(11(23)3)8-16-17(24)22-18(25-16)21-13-5-6-14(19)15(20)9-13/h5-9H,4H2,1-3H3,(H,21,22,24)/b16-8-. The summed E-state index contributed by atoms with van der Waals surface area (Å²) < 4.78 is 2.22. The fourth-order valence-electron chi connectivity index (χ4n) is 2.75. The van der Waals surface area contributed by atoms with Crippen molar-refractivity contribution < 1.29 is 4.79 Å². The molecule has 1 aliphatic rings. The number of hydrogen-bond donors (Lipinski definition) is 1. The van der Waals surface area contributed by atoms with Crippen LogP contribution in [0.2, 0.25) is 10.0 Å². The Morgan fingerprint density at radius 2 is 2.00 bits per heavy atom. The molecule has 0 aliphatic carbocycles. The number of aryl methyl sites for hydroxylation is 1. The molecule has 1 aromatic carbocycles. The van der Waals surface area contributed by atoms with Gasteiger partial charge < -0.3 is 9.88 Å². The van der Waals surface area contributed by atoms with Gasteiger partial charge in [0, 0.05) is 17.9 Å². The zero-order valence-corrected chi connectivity index (χ0v) is 16.4. The highest BCUT2D eigenvalue weighted by Crippen LogP contribution is 2.31. The lowest BCUT2D eigenvalue weighted by Crippen LogP contribution is -2.19. The van der Waals surface area contributed by atoms with Gasteiger partial charge in [-0.3, -0.25) is 4.79 Å². The predicted octanol–water partition coefficient (Wildman–Crippen LogP) is 5.32. The van der Waals surface area contributed by atoms with Crippen molar-refractivity contribution in [2.45, 2.75) is 27.3 Å². The summed E-state index contributed by atoms with van der Waals surface area (Å²) >= 11 is 13.2. The third-order valence-corrected chi connectivity index (χ3v) is 5.65. The predicted molar refractivity (Wildman–Crippen MR) is 107 cm³/mol. The lowest BCUT2D eigenvalue weighted by Gasteiger charge is -2.04. The van der Waals surface area contributed by atoms with E-state index in [1.807, 2.05) is 6.08 Å². The van der Waals surface area contributed by atoms with Gasteiger partial charge in [0.25, 0.3) is 5.91 Å². The maximum Gasteiger partial charge on any atom is 0.264 e. The highest BCUT2D eigenvalue weighted by atomic mass is 35.5. The van der Waals surface area contributed by atoms with Gasteiger partial charge in [-0.25, -0.2) is 4.99 Å². The molecule has 1 aromatic heterocycles. The molecule has 7 heteroatoms. The number of nitrogens with one attached hydrogen (secondary N) is 1. The Kier molecular flexibility index (Phi) is 5.27. The van der Waals surface area contributed by atoms with Gasteiger partial charge in [-0.05, 0) is 68.4 Å². The molecule has 0 radical (unpaired) electrons.